The Morgan fingerprint density at radius 2 is 1.68 bits per heavy atom. The maximum Gasteiger partial charge on any atom is 0.196 e. The number of hydrogen-bond donors (Lipinski definition) is 1. The maximum atomic E-state index is 13.6. The van der Waals surface area contributed by atoms with E-state index in [1.54, 1.807) is 0 Å². The third-order valence-electron chi connectivity index (χ3n) is 2.52. The number of ketones is 1. The molecule has 0 aliphatic heterocycles. The molecule has 0 fully saturated rings. The van der Waals surface area contributed by atoms with Gasteiger partial charge in [0.25, 0.3) is 0 Å². The number of nitrogen functional groups attached to an aromatic ring is 1. The molecule has 0 bridgehead atoms. The predicted molar refractivity (Wildman–Crippen MR) is 70.7 cm³/mol. The van der Waals surface area contributed by atoms with Crippen LogP contribution in [0.2, 0.25) is 10.0 Å². The van der Waals surface area contributed by atoms with Gasteiger partial charge in [-0.1, -0.05) is 23.2 Å². The van der Waals surface area contributed by atoms with Crippen LogP contribution in [0.5, 0.6) is 0 Å². The monoisotopic (exact) mass is 301 g/mol. The fraction of sp³-hybridized carbons (Fsp3) is 0. The molecule has 98 valence electrons. The number of anilines is 1. The van der Waals surface area contributed by atoms with Crippen molar-refractivity contribution in [3.63, 3.8) is 0 Å². The second kappa shape index (κ2) is 5.15. The summed E-state index contributed by atoms with van der Waals surface area (Å²) in [5.41, 5.74) is 5.50. The molecule has 0 atom stereocenters. The molecule has 2 aromatic carbocycles. The molecule has 0 saturated heterocycles. The summed E-state index contributed by atoms with van der Waals surface area (Å²) in [5, 5.41) is -0.218. The maximum absolute atomic E-state index is 13.6. The number of rotatable bonds is 2. The van der Waals surface area contributed by atoms with Gasteiger partial charge in [-0.25, -0.2) is 8.78 Å². The number of hydrogen-bond acceptors (Lipinski definition) is 2. The molecule has 0 aliphatic carbocycles. The predicted octanol–water partition coefficient (Wildman–Crippen LogP) is 4.08. The molecule has 0 radical (unpaired) electrons. The van der Waals surface area contributed by atoms with Crippen LogP contribution in [0.4, 0.5) is 14.5 Å². The van der Waals surface area contributed by atoms with Crippen molar-refractivity contribution in [1.82, 2.24) is 0 Å². The third kappa shape index (κ3) is 2.69. The Morgan fingerprint density at radius 3 is 2.32 bits per heavy atom. The molecule has 2 N–H and O–H groups in total. The van der Waals surface area contributed by atoms with E-state index in [0.29, 0.717) is 5.69 Å². The quantitative estimate of drug-likeness (QED) is 0.516. The van der Waals surface area contributed by atoms with Gasteiger partial charge in [0.1, 0.15) is 11.6 Å². The first-order valence-corrected chi connectivity index (χ1v) is 5.90. The minimum Gasteiger partial charge on any atom is -0.398 e. The summed E-state index contributed by atoms with van der Waals surface area (Å²) in [7, 11) is 0. The standard InChI is InChI=1S/C13H7Cl2F2NO/c14-8-5-10(16)7(4-11(8)17)13(19)6-1-2-12(18)9(15)3-6/h1-5H,18H2. The minimum absolute atomic E-state index is 0.111. The zero-order chi connectivity index (χ0) is 14.2. The summed E-state index contributed by atoms with van der Waals surface area (Å²) in [4.78, 5) is 12.0. The van der Waals surface area contributed by atoms with Gasteiger partial charge < -0.3 is 5.73 Å². The highest BCUT2D eigenvalue weighted by Crippen LogP contribution is 2.24. The molecule has 0 saturated carbocycles. The lowest BCUT2D eigenvalue weighted by Crippen LogP contribution is -2.06. The Balaban J connectivity index is 2.49. The Bertz CT molecular complexity index is 674. The third-order valence-corrected chi connectivity index (χ3v) is 3.13. The van der Waals surface area contributed by atoms with Crippen molar-refractivity contribution in [2.45, 2.75) is 0 Å². The average molecular weight is 302 g/mol. The number of carbonyl (C=O) groups excluding carboxylic acids is 1. The summed E-state index contributed by atoms with van der Waals surface area (Å²) in [5.74, 6) is -2.47. The van der Waals surface area contributed by atoms with Crippen molar-refractivity contribution in [3.05, 3.63) is 63.1 Å². The fourth-order valence-corrected chi connectivity index (χ4v) is 1.85. The minimum atomic E-state index is -0.899. The smallest absolute Gasteiger partial charge is 0.196 e. The number of benzene rings is 2. The van der Waals surface area contributed by atoms with Crippen molar-refractivity contribution in [3.8, 4) is 0 Å². The lowest BCUT2D eigenvalue weighted by molar-refractivity contribution is 0.103. The van der Waals surface area contributed by atoms with Gasteiger partial charge in [0, 0.05) is 5.56 Å². The van der Waals surface area contributed by atoms with E-state index in [1.165, 1.54) is 18.2 Å². The second-order valence-electron chi connectivity index (χ2n) is 3.81. The summed E-state index contributed by atoms with van der Waals surface area (Å²) in [6.07, 6.45) is 0. The zero-order valence-corrected chi connectivity index (χ0v) is 10.9. The molecule has 0 heterocycles. The lowest BCUT2D eigenvalue weighted by Gasteiger charge is -2.06. The summed E-state index contributed by atoms with van der Waals surface area (Å²) in [6, 6.07) is 5.60. The SMILES string of the molecule is Nc1ccc(C(=O)c2cc(F)c(Cl)cc2F)cc1Cl. The lowest BCUT2D eigenvalue weighted by atomic mass is 10.0. The van der Waals surface area contributed by atoms with Crippen LogP contribution in [0.25, 0.3) is 0 Å². The van der Waals surface area contributed by atoms with Gasteiger partial charge in [0.05, 0.1) is 21.3 Å². The molecule has 19 heavy (non-hydrogen) atoms. The van der Waals surface area contributed by atoms with Crippen molar-refractivity contribution < 1.29 is 13.6 Å². The first-order chi connectivity index (χ1) is 8.90. The van der Waals surface area contributed by atoms with E-state index in [9.17, 15) is 13.6 Å². The van der Waals surface area contributed by atoms with E-state index >= 15 is 0 Å². The molecule has 2 nitrogen and oxygen atoms in total. The summed E-state index contributed by atoms with van der Waals surface area (Å²) >= 11 is 11.2. The summed E-state index contributed by atoms with van der Waals surface area (Å²) in [6.45, 7) is 0. The molecule has 2 rings (SSSR count). The van der Waals surface area contributed by atoms with Gasteiger partial charge in [-0.2, -0.15) is 0 Å². The van der Waals surface area contributed by atoms with Crippen molar-refractivity contribution in [1.29, 1.82) is 0 Å². The van der Waals surface area contributed by atoms with Crippen LogP contribution in [0.3, 0.4) is 0 Å². The van der Waals surface area contributed by atoms with Crippen LogP contribution in [0, 0.1) is 11.6 Å². The van der Waals surface area contributed by atoms with Gasteiger partial charge in [-0.05, 0) is 30.3 Å². The Morgan fingerprint density at radius 1 is 1.00 bits per heavy atom. The highest BCUT2D eigenvalue weighted by Gasteiger charge is 2.17. The number of halogens is 4. The van der Waals surface area contributed by atoms with E-state index in [-0.39, 0.29) is 15.6 Å². The molecule has 6 heteroatoms. The molecular weight excluding hydrogens is 295 g/mol. The van der Waals surface area contributed by atoms with Gasteiger partial charge in [0.2, 0.25) is 0 Å². The van der Waals surface area contributed by atoms with E-state index in [4.69, 9.17) is 28.9 Å². The van der Waals surface area contributed by atoms with Gasteiger partial charge in [-0.15, -0.1) is 0 Å². The van der Waals surface area contributed by atoms with E-state index in [1.807, 2.05) is 0 Å². The molecular formula is C13H7Cl2F2NO. The van der Waals surface area contributed by atoms with Crippen LogP contribution in [0.15, 0.2) is 30.3 Å². The Hall–Kier alpha value is -1.65. The van der Waals surface area contributed by atoms with E-state index in [0.717, 1.165) is 12.1 Å². The van der Waals surface area contributed by atoms with E-state index < -0.39 is 23.0 Å². The highest BCUT2D eigenvalue weighted by molar-refractivity contribution is 6.33. The van der Waals surface area contributed by atoms with E-state index in [2.05, 4.69) is 0 Å². The number of carbonyl (C=O) groups is 1. The second-order valence-corrected chi connectivity index (χ2v) is 4.63. The number of nitrogens with two attached hydrogens (primary N) is 1. The van der Waals surface area contributed by atoms with Crippen LogP contribution in [-0.4, -0.2) is 5.78 Å². The summed E-state index contributed by atoms with van der Waals surface area (Å²) < 4.78 is 26.9. The highest BCUT2D eigenvalue weighted by atomic mass is 35.5. The van der Waals surface area contributed by atoms with Crippen LogP contribution in [-0.2, 0) is 0 Å². The van der Waals surface area contributed by atoms with Gasteiger partial charge >= 0.3 is 0 Å². The largest absolute Gasteiger partial charge is 0.398 e. The fourth-order valence-electron chi connectivity index (χ4n) is 1.52. The Labute approximate surface area is 117 Å². The van der Waals surface area contributed by atoms with Gasteiger partial charge in [0.15, 0.2) is 5.78 Å². The average Bonchev–Trinajstić information content (AvgIpc) is 2.36. The normalized spacial score (nSPS) is 10.5. The molecule has 0 unspecified atom stereocenters. The van der Waals surface area contributed by atoms with Crippen molar-refractivity contribution >= 4 is 34.7 Å². The first-order valence-electron chi connectivity index (χ1n) is 5.14. The Kier molecular flexibility index (Phi) is 3.73. The van der Waals surface area contributed by atoms with Crippen LogP contribution >= 0.6 is 23.2 Å². The molecule has 2 aromatic rings. The molecule has 0 aromatic heterocycles. The molecule has 0 aliphatic rings. The van der Waals surface area contributed by atoms with Crippen molar-refractivity contribution in [2.75, 3.05) is 5.73 Å². The van der Waals surface area contributed by atoms with Gasteiger partial charge in [-0.3, -0.25) is 4.79 Å². The van der Waals surface area contributed by atoms with Crippen LogP contribution in [0.1, 0.15) is 15.9 Å². The van der Waals surface area contributed by atoms with Crippen LogP contribution < -0.4 is 5.73 Å². The first kappa shape index (κ1) is 13.8. The molecule has 0 spiro atoms. The topological polar surface area (TPSA) is 43.1 Å². The van der Waals surface area contributed by atoms with Crippen molar-refractivity contribution in [2.24, 2.45) is 0 Å². The zero-order valence-electron chi connectivity index (χ0n) is 9.38. The molecule has 0 amide bonds.